The first kappa shape index (κ1) is 10.2. The fourth-order valence-corrected chi connectivity index (χ4v) is 1.04. The Morgan fingerprint density at radius 2 is 2.21 bits per heavy atom. The third-order valence-electron chi connectivity index (χ3n) is 1.65. The lowest BCUT2D eigenvalue weighted by atomic mass is 10.3. The van der Waals surface area contributed by atoms with Crippen LogP contribution in [0, 0.1) is 6.92 Å². The number of nitrogens with two attached hydrogens (primary N) is 1. The molecule has 0 spiro atoms. The molecule has 1 heterocycles. The van der Waals surface area contributed by atoms with E-state index in [1.807, 2.05) is 0 Å². The summed E-state index contributed by atoms with van der Waals surface area (Å²) in [6.07, 6.45) is -0.308. The lowest BCUT2D eigenvalue weighted by molar-refractivity contribution is -0.136. The number of nitrogens with zero attached hydrogens (tertiary/aromatic N) is 2. The number of carboxylic acid groups (broad SMARTS) is 1. The van der Waals surface area contributed by atoms with Gasteiger partial charge in [0.05, 0.1) is 12.1 Å². The van der Waals surface area contributed by atoms with E-state index in [0.29, 0.717) is 5.69 Å². The Kier molecular flexibility index (Phi) is 2.85. The van der Waals surface area contributed by atoms with Crippen molar-refractivity contribution in [3.8, 4) is 0 Å². The van der Waals surface area contributed by atoms with Crippen LogP contribution in [0.3, 0.4) is 0 Å². The number of hydrogen-bond donors (Lipinski definition) is 2. The van der Waals surface area contributed by atoms with Crippen molar-refractivity contribution in [2.24, 2.45) is 0 Å². The molecule has 1 aromatic heterocycles. The first-order valence-electron chi connectivity index (χ1n) is 4.08. The minimum Gasteiger partial charge on any atom is -0.481 e. The highest BCUT2D eigenvalue weighted by atomic mass is 16.4. The number of aryl methyl sites for hydroxylation is 1. The number of carbonyl (C=O) groups is 2. The van der Waals surface area contributed by atoms with Crippen molar-refractivity contribution in [2.75, 3.05) is 5.73 Å². The predicted molar refractivity (Wildman–Crippen MR) is 48.9 cm³/mol. The second kappa shape index (κ2) is 3.91. The highest BCUT2D eigenvalue weighted by Gasteiger charge is 2.11. The summed E-state index contributed by atoms with van der Waals surface area (Å²) in [4.78, 5) is 21.6. The molecule has 14 heavy (non-hydrogen) atoms. The van der Waals surface area contributed by atoms with Crippen LogP contribution in [0.25, 0.3) is 0 Å². The topological polar surface area (TPSA) is 98.2 Å². The maximum Gasteiger partial charge on any atom is 0.303 e. The van der Waals surface area contributed by atoms with Gasteiger partial charge in [-0.3, -0.25) is 9.59 Å². The molecule has 6 heteroatoms. The lowest BCUT2D eigenvalue weighted by Gasteiger charge is -1.99. The Labute approximate surface area is 80.3 Å². The van der Waals surface area contributed by atoms with Crippen molar-refractivity contribution in [3.63, 3.8) is 0 Å². The Bertz CT molecular complexity index is 370. The number of hydrogen-bond acceptors (Lipinski definition) is 4. The van der Waals surface area contributed by atoms with Gasteiger partial charge in [0.15, 0.2) is 0 Å². The van der Waals surface area contributed by atoms with Crippen molar-refractivity contribution in [1.29, 1.82) is 0 Å². The number of rotatable bonds is 3. The van der Waals surface area contributed by atoms with Crippen LogP contribution >= 0.6 is 0 Å². The quantitative estimate of drug-likeness (QED) is 0.725. The van der Waals surface area contributed by atoms with Crippen LogP contribution in [0.15, 0.2) is 6.07 Å². The zero-order chi connectivity index (χ0) is 10.7. The molecule has 0 saturated carbocycles. The molecule has 0 aliphatic heterocycles. The van der Waals surface area contributed by atoms with Gasteiger partial charge in [0, 0.05) is 12.5 Å². The van der Waals surface area contributed by atoms with Crippen LogP contribution in [-0.4, -0.2) is 26.8 Å². The van der Waals surface area contributed by atoms with Gasteiger partial charge in [-0.25, -0.2) is 0 Å². The smallest absolute Gasteiger partial charge is 0.303 e. The molecule has 0 amide bonds. The van der Waals surface area contributed by atoms with E-state index < -0.39 is 11.9 Å². The Morgan fingerprint density at radius 3 is 2.64 bits per heavy atom. The van der Waals surface area contributed by atoms with Crippen LogP contribution < -0.4 is 5.73 Å². The van der Waals surface area contributed by atoms with E-state index in [2.05, 4.69) is 5.10 Å². The maximum absolute atomic E-state index is 11.3. The van der Waals surface area contributed by atoms with Gasteiger partial charge in [-0.05, 0) is 6.92 Å². The van der Waals surface area contributed by atoms with Crippen molar-refractivity contribution in [1.82, 2.24) is 9.78 Å². The molecule has 0 unspecified atom stereocenters. The zero-order valence-corrected chi connectivity index (χ0v) is 7.73. The summed E-state index contributed by atoms with van der Waals surface area (Å²) >= 11 is 0. The Morgan fingerprint density at radius 1 is 1.57 bits per heavy atom. The third kappa shape index (κ3) is 2.32. The summed E-state index contributed by atoms with van der Waals surface area (Å²) < 4.78 is 1.03. The van der Waals surface area contributed by atoms with Gasteiger partial charge in [-0.1, -0.05) is 0 Å². The molecule has 0 atom stereocenters. The summed E-state index contributed by atoms with van der Waals surface area (Å²) in [5.74, 6) is -1.18. The largest absolute Gasteiger partial charge is 0.481 e. The standard InChI is InChI=1S/C8H11N3O3/c1-5-4-6(9)11(10-5)7(12)2-3-8(13)14/h4H,2-3,9H2,1H3,(H,13,14). The first-order valence-corrected chi connectivity index (χ1v) is 4.08. The van der Waals surface area contributed by atoms with Crippen molar-refractivity contribution in [2.45, 2.75) is 19.8 Å². The van der Waals surface area contributed by atoms with Gasteiger partial charge in [0.2, 0.25) is 5.91 Å². The molecule has 0 aliphatic rings. The van der Waals surface area contributed by atoms with Gasteiger partial charge in [-0.2, -0.15) is 9.78 Å². The normalized spacial score (nSPS) is 10.1. The van der Waals surface area contributed by atoms with Gasteiger partial charge >= 0.3 is 5.97 Å². The second-order valence-electron chi connectivity index (χ2n) is 2.91. The SMILES string of the molecule is Cc1cc(N)n(C(=O)CCC(=O)O)n1. The molecular weight excluding hydrogens is 186 g/mol. The lowest BCUT2D eigenvalue weighted by Crippen LogP contribution is -2.16. The van der Waals surface area contributed by atoms with Crippen LogP contribution in [0.5, 0.6) is 0 Å². The molecule has 0 saturated heterocycles. The molecular formula is C8H11N3O3. The monoisotopic (exact) mass is 197 g/mol. The van der Waals surface area contributed by atoms with Crippen LogP contribution in [0.1, 0.15) is 23.3 Å². The molecule has 0 bridgehead atoms. The Balaban J connectivity index is 2.69. The average molecular weight is 197 g/mol. The van der Waals surface area contributed by atoms with E-state index in [1.165, 1.54) is 0 Å². The van der Waals surface area contributed by atoms with E-state index >= 15 is 0 Å². The highest BCUT2D eigenvalue weighted by molar-refractivity contribution is 5.84. The number of aromatic nitrogens is 2. The van der Waals surface area contributed by atoms with Crippen LogP contribution in [-0.2, 0) is 4.79 Å². The fraction of sp³-hybridized carbons (Fsp3) is 0.375. The molecule has 1 aromatic rings. The van der Waals surface area contributed by atoms with Gasteiger partial charge in [0.25, 0.3) is 0 Å². The minimum atomic E-state index is -1.01. The summed E-state index contributed by atoms with van der Waals surface area (Å²) in [6.45, 7) is 1.71. The van der Waals surface area contributed by atoms with Crippen LogP contribution in [0.2, 0.25) is 0 Å². The second-order valence-corrected chi connectivity index (χ2v) is 2.91. The molecule has 0 radical (unpaired) electrons. The molecule has 1 rings (SSSR count). The summed E-state index contributed by atoms with van der Waals surface area (Å²) in [5.41, 5.74) is 6.11. The summed E-state index contributed by atoms with van der Waals surface area (Å²) in [7, 11) is 0. The number of nitrogen functional groups attached to an aromatic ring is 1. The van der Waals surface area contributed by atoms with E-state index in [9.17, 15) is 9.59 Å². The average Bonchev–Trinajstić information content (AvgIpc) is 2.41. The van der Waals surface area contributed by atoms with E-state index in [1.54, 1.807) is 13.0 Å². The predicted octanol–water partition coefficient (Wildman–Crippen LogP) is 0.279. The Hall–Kier alpha value is -1.85. The first-order chi connectivity index (χ1) is 6.50. The van der Waals surface area contributed by atoms with Gasteiger partial charge in [0.1, 0.15) is 5.82 Å². The third-order valence-corrected chi connectivity index (χ3v) is 1.65. The van der Waals surface area contributed by atoms with Crippen LogP contribution in [0.4, 0.5) is 5.82 Å². The number of carbonyl (C=O) groups excluding carboxylic acids is 1. The van der Waals surface area contributed by atoms with E-state index in [4.69, 9.17) is 10.8 Å². The molecule has 6 nitrogen and oxygen atoms in total. The van der Waals surface area contributed by atoms with Crippen molar-refractivity contribution in [3.05, 3.63) is 11.8 Å². The van der Waals surface area contributed by atoms with E-state index in [-0.39, 0.29) is 18.7 Å². The molecule has 0 aromatic carbocycles. The minimum absolute atomic E-state index is 0.0966. The molecule has 76 valence electrons. The number of aliphatic carboxylic acids is 1. The van der Waals surface area contributed by atoms with E-state index in [0.717, 1.165) is 4.68 Å². The molecule has 0 aliphatic carbocycles. The molecule has 3 N–H and O–H groups in total. The van der Waals surface area contributed by atoms with Gasteiger partial charge in [-0.15, -0.1) is 0 Å². The number of anilines is 1. The van der Waals surface area contributed by atoms with Crippen molar-refractivity contribution < 1.29 is 14.7 Å². The summed E-state index contributed by atoms with van der Waals surface area (Å²) in [5, 5.41) is 12.2. The fourth-order valence-electron chi connectivity index (χ4n) is 1.04. The summed E-state index contributed by atoms with van der Waals surface area (Å²) in [6, 6.07) is 1.55. The zero-order valence-electron chi connectivity index (χ0n) is 7.73. The molecule has 0 fully saturated rings. The van der Waals surface area contributed by atoms with Crippen molar-refractivity contribution >= 4 is 17.7 Å². The highest BCUT2D eigenvalue weighted by Crippen LogP contribution is 2.06. The van der Waals surface area contributed by atoms with Gasteiger partial charge < -0.3 is 10.8 Å². The number of carboxylic acids is 1. The maximum atomic E-state index is 11.3.